The summed E-state index contributed by atoms with van der Waals surface area (Å²) in [4.78, 5) is 16.6. The molecule has 1 aromatic heterocycles. The van der Waals surface area contributed by atoms with Gasteiger partial charge in [0.25, 0.3) is 0 Å². The van der Waals surface area contributed by atoms with Gasteiger partial charge in [0.15, 0.2) is 0 Å². The Labute approximate surface area is 152 Å². The number of amides is 1. The second kappa shape index (κ2) is 9.71. The van der Waals surface area contributed by atoms with Gasteiger partial charge in [-0.2, -0.15) is 0 Å². The van der Waals surface area contributed by atoms with Crippen molar-refractivity contribution >= 4 is 29.0 Å². The number of hydrogen-bond acceptors (Lipinski definition) is 5. The molecule has 130 valence electrons. The van der Waals surface area contributed by atoms with E-state index >= 15 is 0 Å². The fourth-order valence-electron chi connectivity index (χ4n) is 2.25. The summed E-state index contributed by atoms with van der Waals surface area (Å²) in [5.74, 6) is 1.71. The van der Waals surface area contributed by atoms with Gasteiger partial charge in [-0.1, -0.05) is 6.07 Å². The number of rotatable bonds is 9. The van der Waals surface area contributed by atoms with Crippen molar-refractivity contribution in [3.63, 3.8) is 0 Å². The molecule has 0 bridgehead atoms. The topological polar surface area (TPSA) is 41.6 Å². The van der Waals surface area contributed by atoms with Gasteiger partial charge in [0.1, 0.15) is 5.75 Å². The summed E-state index contributed by atoms with van der Waals surface area (Å²) in [7, 11) is 5.73. The minimum atomic E-state index is 0.0967. The van der Waals surface area contributed by atoms with Crippen LogP contribution in [0.1, 0.15) is 17.3 Å². The van der Waals surface area contributed by atoms with Gasteiger partial charge in [0, 0.05) is 28.5 Å². The molecule has 0 saturated carbocycles. The molecule has 0 radical (unpaired) electrons. The van der Waals surface area contributed by atoms with Crippen molar-refractivity contribution in [3.8, 4) is 5.75 Å². The smallest absolute Gasteiger partial charge is 0.220 e. The summed E-state index contributed by atoms with van der Waals surface area (Å²) >= 11 is 3.40. The molecule has 1 atom stereocenters. The molecular formula is C18H24N2O2S2. The molecule has 0 spiro atoms. The van der Waals surface area contributed by atoms with E-state index in [2.05, 4.69) is 21.7 Å². The van der Waals surface area contributed by atoms with E-state index in [-0.39, 0.29) is 11.9 Å². The fraction of sp³-hybridized carbons (Fsp3) is 0.389. The number of likely N-dealkylation sites (N-methyl/N-ethyl adjacent to an activating group) is 1. The maximum Gasteiger partial charge on any atom is 0.220 e. The standard InChI is InChI=1S/C18H24N2O2S2/c1-20(2)16(17-5-4-11-24-17)13-19-18(21)10-12-23-15-8-6-14(22-3)7-9-15/h4-9,11,16H,10,12-13H2,1-3H3,(H,19,21). The van der Waals surface area contributed by atoms with E-state index in [1.165, 1.54) is 4.88 Å². The lowest BCUT2D eigenvalue weighted by molar-refractivity contribution is -0.120. The SMILES string of the molecule is COc1ccc(SCCC(=O)NCC(c2cccs2)N(C)C)cc1. The molecule has 1 amide bonds. The average molecular weight is 365 g/mol. The molecule has 1 aromatic carbocycles. The van der Waals surface area contributed by atoms with Crippen LogP contribution in [0.2, 0.25) is 0 Å². The Bertz CT molecular complexity index is 612. The number of methoxy groups -OCH3 is 1. The van der Waals surface area contributed by atoms with Gasteiger partial charge in [0.2, 0.25) is 5.91 Å². The highest BCUT2D eigenvalue weighted by molar-refractivity contribution is 7.99. The normalized spacial score (nSPS) is 12.2. The molecule has 0 aliphatic heterocycles. The van der Waals surface area contributed by atoms with Crippen molar-refractivity contribution < 1.29 is 9.53 Å². The third-order valence-electron chi connectivity index (χ3n) is 3.64. The fourth-order valence-corrected chi connectivity index (χ4v) is 4.03. The first-order chi connectivity index (χ1) is 11.6. The minimum Gasteiger partial charge on any atom is -0.497 e. The lowest BCUT2D eigenvalue weighted by Crippen LogP contribution is -2.34. The third kappa shape index (κ3) is 5.85. The van der Waals surface area contributed by atoms with Crippen molar-refractivity contribution in [1.29, 1.82) is 0 Å². The summed E-state index contributed by atoms with van der Waals surface area (Å²) < 4.78 is 5.14. The van der Waals surface area contributed by atoms with Crippen LogP contribution in [0, 0.1) is 0 Å². The monoisotopic (exact) mass is 364 g/mol. The number of nitrogens with one attached hydrogen (secondary N) is 1. The molecule has 1 heterocycles. The molecule has 24 heavy (non-hydrogen) atoms. The predicted molar refractivity (Wildman–Crippen MR) is 102 cm³/mol. The zero-order valence-electron chi connectivity index (χ0n) is 14.3. The van der Waals surface area contributed by atoms with E-state index in [0.717, 1.165) is 16.4 Å². The summed E-state index contributed by atoms with van der Waals surface area (Å²) in [6, 6.07) is 12.3. The quantitative estimate of drug-likeness (QED) is 0.690. The van der Waals surface area contributed by atoms with Crippen molar-refractivity contribution in [1.82, 2.24) is 10.2 Å². The number of thiophene rings is 1. The van der Waals surface area contributed by atoms with Crippen molar-refractivity contribution in [3.05, 3.63) is 46.7 Å². The van der Waals surface area contributed by atoms with E-state index in [1.807, 2.05) is 44.4 Å². The zero-order chi connectivity index (χ0) is 17.4. The Morgan fingerprint density at radius 2 is 2.04 bits per heavy atom. The molecule has 1 unspecified atom stereocenters. The van der Waals surface area contributed by atoms with E-state index in [4.69, 9.17) is 4.74 Å². The van der Waals surface area contributed by atoms with Crippen LogP contribution < -0.4 is 10.1 Å². The van der Waals surface area contributed by atoms with Gasteiger partial charge in [-0.05, 0) is 49.8 Å². The van der Waals surface area contributed by atoms with Crippen LogP contribution in [0.5, 0.6) is 5.75 Å². The summed E-state index contributed by atoms with van der Waals surface area (Å²) in [6.07, 6.45) is 0.515. The summed E-state index contributed by atoms with van der Waals surface area (Å²) in [5.41, 5.74) is 0. The maximum atomic E-state index is 12.1. The van der Waals surface area contributed by atoms with Gasteiger partial charge < -0.3 is 15.0 Å². The van der Waals surface area contributed by atoms with E-state index in [1.54, 1.807) is 30.2 Å². The van der Waals surface area contributed by atoms with Crippen molar-refractivity contribution in [2.45, 2.75) is 17.4 Å². The summed E-state index contributed by atoms with van der Waals surface area (Å²) in [5, 5.41) is 5.12. The molecule has 0 saturated heterocycles. The number of benzene rings is 1. The molecule has 2 rings (SSSR count). The number of carbonyl (C=O) groups is 1. The van der Waals surface area contributed by atoms with E-state index < -0.39 is 0 Å². The van der Waals surface area contributed by atoms with Crippen LogP contribution in [-0.2, 0) is 4.79 Å². The molecule has 0 fully saturated rings. The Morgan fingerprint density at radius 1 is 1.29 bits per heavy atom. The van der Waals surface area contributed by atoms with E-state index in [0.29, 0.717) is 13.0 Å². The molecule has 6 heteroatoms. The van der Waals surface area contributed by atoms with Gasteiger partial charge in [-0.15, -0.1) is 23.1 Å². The Kier molecular flexibility index (Phi) is 7.62. The second-order valence-corrected chi connectivity index (χ2v) is 7.72. The number of carbonyl (C=O) groups excluding carboxylic acids is 1. The Balaban J connectivity index is 1.72. The highest BCUT2D eigenvalue weighted by Crippen LogP contribution is 2.23. The number of thioether (sulfide) groups is 1. The molecule has 1 N–H and O–H groups in total. The van der Waals surface area contributed by atoms with Gasteiger partial charge in [-0.25, -0.2) is 0 Å². The first-order valence-corrected chi connectivity index (χ1v) is 9.70. The van der Waals surface area contributed by atoms with Crippen LogP contribution in [0.15, 0.2) is 46.7 Å². The molecule has 4 nitrogen and oxygen atoms in total. The van der Waals surface area contributed by atoms with Gasteiger partial charge in [-0.3, -0.25) is 4.79 Å². The van der Waals surface area contributed by atoms with Crippen LogP contribution in [0.25, 0.3) is 0 Å². The first kappa shape index (κ1) is 18.8. The second-order valence-electron chi connectivity index (χ2n) is 5.57. The summed E-state index contributed by atoms with van der Waals surface area (Å²) in [6.45, 7) is 0.638. The number of nitrogens with zero attached hydrogens (tertiary/aromatic N) is 1. The van der Waals surface area contributed by atoms with Crippen LogP contribution in [0.4, 0.5) is 0 Å². The highest BCUT2D eigenvalue weighted by atomic mass is 32.2. The highest BCUT2D eigenvalue weighted by Gasteiger charge is 2.16. The molecule has 0 aliphatic carbocycles. The largest absolute Gasteiger partial charge is 0.497 e. The molecule has 0 aliphatic rings. The van der Waals surface area contributed by atoms with Crippen LogP contribution in [0.3, 0.4) is 0 Å². The van der Waals surface area contributed by atoms with Crippen LogP contribution >= 0.6 is 23.1 Å². The molecular weight excluding hydrogens is 340 g/mol. The zero-order valence-corrected chi connectivity index (χ0v) is 16.0. The Hall–Kier alpha value is -1.50. The first-order valence-electron chi connectivity index (χ1n) is 7.83. The lowest BCUT2D eigenvalue weighted by Gasteiger charge is -2.23. The van der Waals surface area contributed by atoms with Gasteiger partial charge in [0.05, 0.1) is 13.2 Å². The number of hydrogen-bond donors (Lipinski definition) is 1. The van der Waals surface area contributed by atoms with Crippen molar-refractivity contribution in [2.75, 3.05) is 33.5 Å². The predicted octanol–water partition coefficient (Wildman–Crippen LogP) is 3.66. The van der Waals surface area contributed by atoms with Crippen molar-refractivity contribution in [2.24, 2.45) is 0 Å². The molecule has 2 aromatic rings. The lowest BCUT2D eigenvalue weighted by atomic mass is 10.2. The number of ether oxygens (including phenoxy) is 1. The van der Waals surface area contributed by atoms with Gasteiger partial charge >= 0.3 is 0 Å². The minimum absolute atomic E-state index is 0.0967. The average Bonchev–Trinajstić information content (AvgIpc) is 3.09. The van der Waals surface area contributed by atoms with E-state index in [9.17, 15) is 4.79 Å². The van der Waals surface area contributed by atoms with Crippen LogP contribution in [-0.4, -0.2) is 44.3 Å². The third-order valence-corrected chi connectivity index (χ3v) is 5.63. The maximum absolute atomic E-state index is 12.1. The Morgan fingerprint density at radius 3 is 2.62 bits per heavy atom.